The maximum Gasteiger partial charge on any atom is 0.326 e. The summed E-state index contributed by atoms with van der Waals surface area (Å²) in [6.07, 6.45) is 6.44. The van der Waals surface area contributed by atoms with E-state index in [1.54, 1.807) is 0 Å². The maximum absolute atomic E-state index is 13.4. The summed E-state index contributed by atoms with van der Waals surface area (Å²) < 4.78 is 0. The summed E-state index contributed by atoms with van der Waals surface area (Å²) >= 11 is 0. The smallest absolute Gasteiger partial charge is 0.323 e. The molecule has 1 saturated carbocycles. The van der Waals surface area contributed by atoms with Gasteiger partial charge in [0, 0.05) is 6.04 Å². The molecule has 1 N–H and O–H groups in total. The molecule has 0 aromatic heterocycles. The van der Waals surface area contributed by atoms with Gasteiger partial charge < -0.3 is 5.32 Å². The number of nitrogens with one attached hydrogen (secondary N) is 1. The quantitative estimate of drug-likeness (QED) is 0.827. The second kappa shape index (κ2) is 6.93. The Morgan fingerprint density at radius 2 is 1.81 bits per heavy atom. The second-order valence-electron chi connectivity index (χ2n) is 8.77. The minimum atomic E-state index is -0.708. The topological polar surface area (TPSA) is 52.7 Å². The molecule has 1 spiro atoms. The summed E-state index contributed by atoms with van der Waals surface area (Å²) in [6, 6.07) is 8.59. The Hall–Kier alpha value is -1.88. The Morgan fingerprint density at radius 3 is 2.56 bits per heavy atom. The summed E-state index contributed by atoms with van der Waals surface area (Å²) in [5.41, 5.74) is 2.02. The first-order chi connectivity index (χ1) is 12.9. The van der Waals surface area contributed by atoms with E-state index in [1.807, 2.05) is 7.05 Å². The van der Waals surface area contributed by atoms with E-state index < -0.39 is 5.54 Å². The van der Waals surface area contributed by atoms with Crippen molar-refractivity contribution in [3.8, 4) is 0 Å². The Morgan fingerprint density at radius 1 is 1.11 bits per heavy atom. The maximum atomic E-state index is 13.4. The molecule has 146 valence electrons. The van der Waals surface area contributed by atoms with Gasteiger partial charge in [-0.2, -0.15) is 0 Å². The number of carbonyl (C=O) groups excluding carboxylic acids is 2. The molecule has 1 saturated heterocycles. The van der Waals surface area contributed by atoms with Gasteiger partial charge in [-0.15, -0.1) is 0 Å². The van der Waals surface area contributed by atoms with Gasteiger partial charge in [-0.25, -0.2) is 9.69 Å². The highest BCUT2D eigenvalue weighted by Crippen LogP contribution is 2.42. The van der Waals surface area contributed by atoms with Crippen molar-refractivity contribution in [1.82, 2.24) is 15.1 Å². The molecule has 5 heteroatoms. The van der Waals surface area contributed by atoms with Crippen LogP contribution in [0.15, 0.2) is 24.3 Å². The highest BCUT2D eigenvalue weighted by Gasteiger charge is 2.58. The predicted molar refractivity (Wildman–Crippen MR) is 105 cm³/mol. The normalized spacial score (nSPS) is 33.5. The van der Waals surface area contributed by atoms with Gasteiger partial charge in [-0.3, -0.25) is 9.69 Å². The van der Waals surface area contributed by atoms with E-state index >= 15 is 0 Å². The molecule has 4 atom stereocenters. The first-order valence-corrected chi connectivity index (χ1v) is 10.4. The molecule has 0 bridgehead atoms. The highest BCUT2D eigenvalue weighted by atomic mass is 16.2. The van der Waals surface area contributed by atoms with Crippen LogP contribution >= 0.6 is 0 Å². The third kappa shape index (κ3) is 2.87. The lowest BCUT2D eigenvalue weighted by atomic mass is 9.67. The van der Waals surface area contributed by atoms with Crippen molar-refractivity contribution >= 4 is 11.9 Å². The molecule has 1 aromatic rings. The average molecular weight is 370 g/mol. The summed E-state index contributed by atoms with van der Waals surface area (Å²) in [4.78, 5) is 29.8. The molecule has 1 heterocycles. The fourth-order valence-electron chi connectivity index (χ4n) is 5.59. The van der Waals surface area contributed by atoms with Crippen LogP contribution in [0.5, 0.6) is 0 Å². The van der Waals surface area contributed by atoms with E-state index in [2.05, 4.69) is 48.3 Å². The number of rotatable bonds is 3. The fraction of sp³-hybridized carbons (Fsp3) is 0.636. The van der Waals surface area contributed by atoms with Gasteiger partial charge in [-0.1, -0.05) is 44.5 Å². The molecular formula is C22H31N3O2. The number of aryl methyl sites for hydroxylation is 1. The minimum absolute atomic E-state index is 0.0249. The van der Waals surface area contributed by atoms with Gasteiger partial charge in [0.05, 0.1) is 6.67 Å². The van der Waals surface area contributed by atoms with Crippen molar-refractivity contribution in [1.29, 1.82) is 0 Å². The Labute approximate surface area is 162 Å². The van der Waals surface area contributed by atoms with Crippen LogP contribution in [0.2, 0.25) is 0 Å². The monoisotopic (exact) mass is 369 g/mol. The zero-order valence-corrected chi connectivity index (χ0v) is 16.7. The average Bonchev–Trinajstić information content (AvgIpc) is 2.91. The van der Waals surface area contributed by atoms with Crippen LogP contribution in [-0.4, -0.2) is 41.0 Å². The summed E-state index contributed by atoms with van der Waals surface area (Å²) in [6.45, 7) is 4.57. The second-order valence-corrected chi connectivity index (χ2v) is 8.77. The highest BCUT2D eigenvalue weighted by molar-refractivity contribution is 6.07. The van der Waals surface area contributed by atoms with Crippen molar-refractivity contribution in [3.63, 3.8) is 0 Å². The first kappa shape index (κ1) is 18.5. The third-order valence-electron chi connectivity index (χ3n) is 7.22. The number of amides is 3. The number of hydrogen-bond acceptors (Lipinski definition) is 3. The van der Waals surface area contributed by atoms with Crippen molar-refractivity contribution in [3.05, 3.63) is 35.4 Å². The number of hydrogen-bond donors (Lipinski definition) is 1. The van der Waals surface area contributed by atoms with Crippen molar-refractivity contribution < 1.29 is 9.59 Å². The lowest BCUT2D eigenvalue weighted by molar-refractivity contribution is -0.138. The Kier molecular flexibility index (Phi) is 4.75. The summed E-state index contributed by atoms with van der Waals surface area (Å²) in [7, 11) is 2.03. The van der Waals surface area contributed by atoms with Crippen LogP contribution in [-0.2, 0) is 11.2 Å². The zero-order chi connectivity index (χ0) is 19.2. The van der Waals surface area contributed by atoms with Crippen LogP contribution in [0.3, 0.4) is 0 Å². The van der Waals surface area contributed by atoms with E-state index in [1.165, 1.54) is 16.0 Å². The molecule has 27 heavy (non-hydrogen) atoms. The molecule has 3 aliphatic rings. The SMILES string of the molecule is C[C@@H]1CCC[C@H](C)C12NC(=O)N(CN(C)[C@@H]1CCCc3ccccc31)C2=O. The van der Waals surface area contributed by atoms with E-state index in [4.69, 9.17) is 0 Å². The number of fused-ring (bicyclic) bond motifs is 1. The van der Waals surface area contributed by atoms with Crippen molar-refractivity contribution in [2.24, 2.45) is 11.8 Å². The first-order valence-electron chi connectivity index (χ1n) is 10.4. The van der Waals surface area contributed by atoms with E-state index in [0.29, 0.717) is 6.67 Å². The van der Waals surface area contributed by atoms with E-state index in [-0.39, 0.29) is 29.8 Å². The van der Waals surface area contributed by atoms with Crippen LogP contribution in [0.25, 0.3) is 0 Å². The number of nitrogens with zero attached hydrogens (tertiary/aromatic N) is 2. The molecule has 2 fully saturated rings. The van der Waals surface area contributed by atoms with E-state index in [0.717, 1.165) is 38.5 Å². The lowest BCUT2D eigenvalue weighted by Gasteiger charge is -2.42. The van der Waals surface area contributed by atoms with E-state index in [9.17, 15) is 9.59 Å². The number of urea groups is 1. The molecular weight excluding hydrogens is 338 g/mol. The van der Waals surface area contributed by atoms with Crippen molar-refractivity contribution in [2.45, 2.75) is 64.0 Å². The Bertz CT molecular complexity index is 737. The fourth-order valence-corrected chi connectivity index (χ4v) is 5.59. The van der Waals surface area contributed by atoms with Crippen molar-refractivity contribution in [2.75, 3.05) is 13.7 Å². The third-order valence-corrected chi connectivity index (χ3v) is 7.22. The van der Waals surface area contributed by atoms with Gasteiger partial charge in [-0.05, 0) is 62.1 Å². The molecule has 1 aliphatic heterocycles. The zero-order valence-electron chi connectivity index (χ0n) is 16.7. The molecule has 5 nitrogen and oxygen atoms in total. The van der Waals surface area contributed by atoms with Gasteiger partial charge in [0.1, 0.15) is 5.54 Å². The van der Waals surface area contributed by atoms with Crippen LogP contribution in [0.1, 0.15) is 63.1 Å². The summed E-state index contributed by atoms with van der Waals surface area (Å²) in [5.74, 6) is 0.343. The minimum Gasteiger partial charge on any atom is -0.323 e. The number of benzene rings is 1. The van der Waals surface area contributed by atoms with Crippen LogP contribution in [0.4, 0.5) is 4.79 Å². The molecule has 0 radical (unpaired) electrons. The standard InChI is InChI=1S/C22H31N3O2/c1-15-8-6-9-16(2)22(15)20(26)25(21(27)23-22)14-24(3)19-13-7-11-17-10-4-5-12-18(17)19/h4-5,10,12,15-16,19H,6-9,11,13-14H2,1-3H3,(H,23,27)/t15-,16+,19-,22?/m1/s1. The predicted octanol–water partition coefficient (Wildman–Crippen LogP) is 3.70. The van der Waals surface area contributed by atoms with Crippen LogP contribution in [0, 0.1) is 11.8 Å². The lowest BCUT2D eigenvalue weighted by Crippen LogP contribution is -2.59. The van der Waals surface area contributed by atoms with Gasteiger partial charge in [0.2, 0.25) is 0 Å². The van der Waals surface area contributed by atoms with Gasteiger partial charge >= 0.3 is 6.03 Å². The van der Waals surface area contributed by atoms with Gasteiger partial charge in [0.25, 0.3) is 5.91 Å². The van der Waals surface area contributed by atoms with Crippen LogP contribution < -0.4 is 5.32 Å². The number of carbonyl (C=O) groups is 2. The largest absolute Gasteiger partial charge is 0.326 e. The molecule has 3 amide bonds. The Balaban J connectivity index is 1.55. The summed E-state index contributed by atoms with van der Waals surface area (Å²) in [5, 5.41) is 3.11. The molecule has 4 rings (SSSR count). The number of imide groups is 1. The molecule has 1 aromatic carbocycles. The molecule has 2 aliphatic carbocycles. The molecule has 1 unspecified atom stereocenters. The van der Waals surface area contributed by atoms with Gasteiger partial charge in [0.15, 0.2) is 0 Å².